The van der Waals surface area contributed by atoms with Crippen LogP contribution in [0.4, 0.5) is 5.69 Å². The zero-order chi connectivity index (χ0) is 19.2. The summed E-state index contributed by atoms with van der Waals surface area (Å²) >= 11 is 0. The lowest BCUT2D eigenvalue weighted by atomic mass is 9.85. The molecule has 2 aromatic rings. The number of amides is 2. The zero-order valence-electron chi connectivity index (χ0n) is 15.7. The fourth-order valence-corrected chi connectivity index (χ4v) is 3.56. The second kappa shape index (κ2) is 6.30. The molecular formula is C21H22N2O4. The average molecular weight is 366 g/mol. The van der Waals surface area contributed by atoms with Gasteiger partial charge in [0.25, 0.3) is 0 Å². The second-order valence-corrected chi connectivity index (χ2v) is 7.50. The number of aryl methyl sites for hydroxylation is 1. The highest BCUT2D eigenvalue weighted by Crippen LogP contribution is 2.41. The molecule has 2 amide bonds. The third-order valence-electron chi connectivity index (χ3n) is 5.12. The van der Waals surface area contributed by atoms with Gasteiger partial charge in [-0.25, -0.2) is 0 Å². The molecule has 0 bridgehead atoms. The molecule has 1 N–H and O–H groups in total. The number of anilines is 1. The summed E-state index contributed by atoms with van der Waals surface area (Å²) in [6.45, 7) is 6.39. The van der Waals surface area contributed by atoms with Gasteiger partial charge in [-0.05, 0) is 50.1 Å². The van der Waals surface area contributed by atoms with E-state index in [2.05, 4.69) is 5.32 Å². The molecule has 6 nitrogen and oxygen atoms in total. The summed E-state index contributed by atoms with van der Waals surface area (Å²) in [5.41, 5.74) is 3.17. The van der Waals surface area contributed by atoms with E-state index in [0.29, 0.717) is 18.0 Å². The SMILES string of the molecule is Cc1ccc2c(c1)C(C)(C)C(=O)N2CC(=O)NCc1ccc2c(c1)OCO2. The lowest BCUT2D eigenvalue weighted by Crippen LogP contribution is -2.42. The number of carbonyl (C=O) groups excluding carboxylic acids is 2. The number of nitrogens with one attached hydrogen (secondary N) is 1. The van der Waals surface area contributed by atoms with Crippen molar-refractivity contribution in [2.24, 2.45) is 0 Å². The van der Waals surface area contributed by atoms with Gasteiger partial charge < -0.3 is 19.7 Å². The monoisotopic (exact) mass is 366 g/mol. The van der Waals surface area contributed by atoms with Crippen molar-refractivity contribution in [2.45, 2.75) is 32.7 Å². The lowest BCUT2D eigenvalue weighted by Gasteiger charge is -2.20. The third kappa shape index (κ3) is 3.01. The summed E-state index contributed by atoms with van der Waals surface area (Å²) in [7, 11) is 0. The first-order valence-corrected chi connectivity index (χ1v) is 8.94. The Kier molecular flexibility index (Phi) is 4.06. The summed E-state index contributed by atoms with van der Waals surface area (Å²) < 4.78 is 10.6. The maximum Gasteiger partial charge on any atom is 0.240 e. The first-order chi connectivity index (χ1) is 12.9. The van der Waals surface area contributed by atoms with Crippen molar-refractivity contribution in [3.8, 4) is 11.5 Å². The number of rotatable bonds is 4. The maximum absolute atomic E-state index is 12.8. The Bertz CT molecular complexity index is 936. The molecular weight excluding hydrogens is 344 g/mol. The first kappa shape index (κ1) is 17.4. The highest BCUT2D eigenvalue weighted by Gasteiger charge is 2.44. The van der Waals surface area contributed by atoms with Crippen LogP contribution in [-0.4, -0.2) is 25.2 Å². The summed E-state index contributed by atoms with van der Waals surface area (Å²) in [6.07, 6.45) is 0. The van der Waals surface area contributed by atoms with Crippen molar-refractivity contribution in [3.63, 3.8) is 0 Å². The van der Waals surface area contributed by atoms with Crippen molar-refractivity contribution < 1.29 is 19.1 Å². The minimum atomic E-state index is -0.626. The highest BCUT2D eigenvalue weighted by atomic mass is 16.7. The van der Waals surface area contributed by atoms with Crippen molar-refractivity contribution in [1.29, 1.82) is 0 Å². The van der Waals surface area contributed by atoms with Crippen molar-refractivity contribution in [2.75, 3.05) is 18.2 Å². The molecule has 0 unspecified atom stereocenters. The van der Waals surface area contributed by atoms with Crippen LogP contribution in [0.5, 0.6) is 11.5 Å². The number of benzene rings is 2. The lowest BCUT2D eigenvalue weighted by molar-refractivity contribution is -0.125. The standard InChI is InChI=1S/C21H22N2O4/c1-13-4-6-16-15(8-13)21(2,3)20(25)23(16)11-19(24)22-10-14-5-7-17-18(9-14)27-12-26-17/h4-9H,10-12H2,1-3H3,(H,22,24). The molecule has 27 heavy (non-hydrogen) atoms. The largest absolute Gasteiger partial charge is 0.454 e. The van der Waals surface area contributed by atoms with E-state index in [0.717, 1.165) is 22.4 Å². The molecule has 0 radical (unpaired) electrons. The molecule has 4 rings (SSSR count). The van der Waals surface area contributed by atoms with E-state index in [9.17, 15) is 9.59 Å². The summed E-state index contributed by atoms with van der Waals surface area (Å²) in [6, 6.07) is 11.5. The Balaban J connectivity index is 1.45. The van der Waals surface area contributed by atoms with Crippen LogP contribution in [0.2, 0.25) is 0 Å². The molecule has 140 valence electrons. The van der Waals surface area contributed by atoms with Crippen LogP contribution in [0.3, 0.4) is 0 Å². The Labute approximate surface area is 158 Å². The number of hydrogen-bond donors (Lipinski definition) is 1. The van der Waals surface area contributed by atoms with Gasteiger partial charge in [-0.3, -0.25) is 9.59 Å². The molecule has 6 heteroatoms. The fraction of sp³-hybridized carbons (Fsp3) is 0.333. The van der Waals surface area contributed by atoms with Crippen molar-refractivity contribution in [1.82, 2.24) is 5.32 Å². The van der Waals surface area contributed by atoms with Gasteiger partial charge in [0, 0.05) is 12.2 Å². The topological polar surface area (TPSA) is 67.9 Å². The Morgan fingerprint density at radius 1 is 1.15 bits per heavy atom. The van der Waals surface area contributed by atoms with Gasteiger partial charge in [0.15, 0.2) is 11.5 Å². The quantitative estimate of drug-likeness (QED) is 0.903. The molecule has 0 fully saturated rings. The number of fused-ring (bicyclic) bond motifs is 2. The Morgan fingerprint density at radius 2 is 1.93 bits per heavy atom. The fourth-order valence-electron chi connectivity index (χ4n) is 3.56. The predicted octanol–water partition coefficient (Wildman–Crippen LogP) is 2.66. The van der Waals surface area contributed by atoms with E-state index in [1.807, 2.05) is 57.2 Å². The summed E-state index contributed by atoms with van der Waals surface area (Å²) in [5, 5.41) is 2.88. The zero-order valence-corrected chi connectivity index (χ0v) is 15.7. The van der Waals surface area contributed by atoms with Gasteiger partial charge in [0.05, 0.1) is 5.41 Å². The first-order valence-electron chi connectivity index (χ1n) is 8.94. The van der Waals surface area contributed by atoms with E-state index >= 15 is 0 Å². The number of carbonyl (C=O) groups is 2. The van der Waals surface area contributed by atoms with Gasteiger partial charge >= 0.3 is 0 Å². The van der Waals surface area contributed by atoms with Gasteiger partial charge in [0.1, 0.15) is 6.54 Å². The molecule has 0 saturated carbocycles. The minimum Gasteiger partial charge on any atom is -0.454 e. The van der Waals surface area contributed by atoms with Crippen LogP contribution in [0.15, 0.2) is 36.4 Å². The van der Waals surface area contributed by atoms with Gasteiger partial charge in [-0.1, -0.05) is 23.8 Å². The van der Waals surface area contributed by atoms with Crippen LogP contribution in [-0.2, 0) is 21.5 Å². The van der Waals surface area contributed by atoms with Crippen LogP contribution in [0.25, 0.3) is 0 Å². The Morgan fingerprint density at radius 3 is 2.74 bits per heavy atom. The average Bonchev–Trinajstić information content (AvgIpc) is 3.17. The van der Waals surface area contributed by atoms with E-state index in [4.69, 9.17) is 9.47 Å². The number of nitrogens with zero attached hydrogens (tertiary/aromatic N) is 1. The third-order valence-corrected chi connectivity index (χ3v) is 5.12. The van der Waals surface area contributed by atoms with E-state index in [-0.39, 0.29) is 25.2 Å². The molecule has 2 aromatic carbocycles. The molecule has 0 aromatic heterocycles. The molecule has 2 aliphatic rings. The van der Waals surface area contributed by atoms with E-state index in [1.165, 1.54) is 0 Å². The molecule has 0 atom stereocenters. The van der Waals surface area contributed by atoms with Crippen LogP contribution < -0.4 is 19.7 Å². The Hall–Kier alpha value is -3.02. The van der Waals surface area contributed by atoms with Crippen LogP contribution in [0, 0.1) is 6.92 Å². The normalized spacial score (nSPS) is 16.4. The molecule has 0 spiro atoms. The van der Waals surface area contributed by atoms with E-state index in [1.54, 1.807) is 4.90 Å². The molecule has 0 saturated heterocycles. The maximum atomic E-state index is 12.8. The van der Waals surface area contributed by atoms with Crippen LogP contribution in [0.1, 0.15) is 30.5 Å². The summed E-state index contributed by atoms with van der Waals surface area (Å²) in [4.78, 5) is 26.9. The van der Waals surface area contributed by atoms with Gasteiger partial charge in [-0.15, -0.1) is 0 Å². The van der Waals surface area contributed by atoms with E-state index < -0.39 is 5.41 Å². The minimum absolute atomic E-state index is 0.00285. The van der Waals surface area contributed by atoms with Crippen LogP contribution >= 0.6 is 0 Å². The van der Waals surface area contributed by atoms with Crippen molar-refractivity contribution in [3.05, 3.63) is 53.1 Å². The molecule has 0 aliphatic carbocycles. The highest BCUT2D eigenvalue weighted by molar-refractivity contribution is 6.10. The van der Waals surface area contributed by atoms with Gasteiger partial charge in [-0.2, -0.15) is 0 Å². The number of ether oxygens (including phenoxy) is 2. The molecule has 2 heterocycles. The number of hydrogen-bond acceptors (Lipinski definition) is 4. The summed E-state index contributed by atoms with van der Waals surface area (Å²) in [5.74, 6) is 1.14. The molecule has 2 aliphatic heterocycles. The second-order valence-electron chi connectivity index (χ2n) is 7.50. The smallest absolute Gasteiger partial charge is 0.240 e. The predicted molar refractivity (Wildman–Crippen MR) is 101 cm³/mol. The van der Waals surface area contributed by atoms with Crippen molar-refractivity contribution >= 4 is 17.5 Å². The van der Waals surface area contributed by atoms with Gasteiger partial charge in [0.2, 0.25) is 18.6 Å².